The van der Waals surface area contributed by atoms with E-state index in [4.69, 9.17) is 56.8 Å². The molecule has 22 atom stereocenters. The zero-order valence-electron chi connectivity index (χ0n) is 57.0. The number of carbonyl (C=O) groups is 3. The number of likely N-dealkylation sites (N-methyl/N-ethyl adjacent to an activating group) is 2. The number of rotatable bonds is 17. The van der Waals surface area contributed by atoms with E-state index in [0.29, 0.717) is 0 Å². The second-order valence-electron chi connectivity index (χ2n) is 27.4. The molecule has 7 N–H and O–H groups in total. The van der Waals surface area contributed by atoms with Crippen molar-refractivity contribution in [3.8, 4) is 23.0 Å². The Morgan fingerprint density at radius 3 is 1.44 bits per heavy atom. The lowest BCUT2D eigenvalue weighted by Gasteiger charge is -2.59. The van der Waals surface area contributed by atoms with Gasteiger partial charge in [0, 0.05) is 81.8 Å². The first-order chi connectivity index (χ1) is 46.5. The van der Waals surface area contributed by atoms with Crippen LogP contribution in [0.5, 0.6) is 23.0 Å². The Labute approximate surface area is 563 Å². The molecular formula is C70H86N4O24. The summed E-state index contributed by atoms with van der Waals surface area (Å²) < 4.78 is 81.2. The number of allylic oxidation sites excluding steroid dienone is 2. The van der Waals surface area contributed by atoms with E-state index < -0.39 is 252 Å². The number of aliphatic hydroxyl groups excluding tert-OH is 3. The van der Waals surface area contributed by atoms with Gasteiger partial charge in [-0.1, -0.05) is 13.8 Å². The molecule has 0 unspecified atom stereocenters. The normalized spacial score (nSPS) is 36.4. The van der Waals surface area contributed by atoms with Crippen LogP contribution >= 0.6 is 0 Å². The number of ketones is 3. The van der Waals surface area contributed by atoms with Crippen LogP contribution in [0.15, 0.2) is 45.2 Å². The SMILES string of the molecule is CC[C@@]1(O[C@H]2C[C@H](OC)[C@@H](OC)[C@H](C)O2)[C@H](O[C@@H]2C[C@H](O)[C@@H](N(C)C)[C@H](C)O2)C2=Cc3c(O)c4c(c(O)c3C2=C(O)[C@@H]1[C@H]1C(=O)c2c(c(=[N+]=[N-])c3c(O)c5c(=O)ccc(=O)c5c(O)c23)[C@@H](O[C@@H]2C[C@H](O)[C@@H](N(C)C)[C@H](C)O2)[C@@]1(CC)O[C@H]1C[C@H](OC)[C@@H](OC)[C@H](C)O1)C(=O)C=CC4=O. The number of fused-ring (bicyclic) bond motifs is 8. The lowest BCUT2D eigenvalue weighted by atomic mass is 9.55. The highest BCUT2D eigenvalue weighted by Gasteiger charge is 2.71. The summed E-state index contributed by atoms with van der Waals surface area (Å²) in [4.78, 5) is 81.4. The fourth-order valence-electron chi connectivity index (χ4n) is 17.7. The van der Waals surface area contributed by atoms with Gasteiger partial charge in [0.1, 0.15) is 69.8 Å². The van der Waals surface area contributed by atoms with Crippen molar-refractivity contribution in [3.05, 3.63) is 100 Å². The Hall–Kier alpha value is -6.77. The van der Waals surface area contributed by atoms with Crippen LogP contribution in [0, 0.1) is 11.8 Å². The van der Waals surface area contributed by atoms with Crippen LogP contribution in [0.3, 0.4) is 0 Å². The molecule has 12 rings (SSSR count). The molecule has 4 aliphatic carbocycles. The van der Waals surface area contributed by atoms with Gasteiger partial charge in [-0.25, -0.2) is 0 Å². The van der Waals surface area contributed by atoms with Crippen LogP contribution in [0.2, 0.25) is 0 Å². The van der Waals surface area contributed by atoms with Crippen molar-refractivity contribution >= 4 is 50.5 Å². The zero-order valence-corrected chi connectivity index (χ0v) is 57.0. The maximum Gasteiger partial charge on any atom is 0.333 e. The Morgan fingerprint density at radius 1 is 0.551 bits per heavy atom. The molecule has 4 aromatic carbocycles. The lowest BCUT2D eigenvalue weighted by molar-refractivity contribution is -0.351. The van der Waals surface area contributed by atoms with Crippen LogP contribution in [-0.4, -0.2) is 240 Å². The van der Waals surface area contributed by atoms with E-state index in [0.717, 1.165) is 24.3 Å². The molecule has 0 saturated carbocycles. The highest BCUT2D eigenvalue weighted by Crippen LogP contribution is 2.65. The molecule has 0 radical (unpaired) electrons. The molecule has 0 bridgehead atoms. The summed E-state index contributed by atoms with van der Waals surface area (Å²) in [6.45, 7) is 10.1. The number of methoxy groups -OCH3 is 4. The number of phenolic OH excluding ortho intramolecular Hbond substituents is 4. The van der Waals surface area contributed by atoms with Gasteiger partial charge in [-0.05, 0) is 105 Å². The van der Waals surface area contributed by atoms with Crippen molar-refractivity contribution < 1.29 is 112 Å². The van der Waals surface area contributed by atoms with Crippen molar-refractivity contribution in [2.75, 3.05) is 56.6 Å². The van der Waals surface area contributed by atoms with Gasteiger partial charge < -0.3 is 108 Å². The fraction of sp³-hybridized carbons (Fsp3) is 0.600. The van der Waals surface area contributed by atoms with Crippen LogP contribution in [0.25, 0.3) is 38.7 Å². The average Bonchev–Trinajstić information content (AvgIpc) is 1.39. The molecule has 4 fully saturated rings. The van der Waals surface area contributed by atoms with E-state index in [-0.39, 0.29) is 48.8 Å². The van der Waals surface area contributed by atoms with Gasteiger partial charge >= 0.3 is 5.36 Å². The minimum atomic E-state index is -2.49. The molecule has 0 spiro atoms. The quantitative estimate of drug-likeness (QED) is 0.0441. The van der Waals surface area contributed by atoms with Gasteiger partial charge in [0.05, 0.1) is 100 Å². The summed E-state index contributed by atoms with van der Waals surface area (Å²) in [6, 6.07) is 0.543. The first-order valence-corrected chi connectivity index (χ1v) is 33.1. The maximum atomic E-state index is 17.9. The van der Waals surface area contributed by atoms with Crippen molar-refractivity contribution in [1.29, 1.82) is 0 Å². The van der Waals surface area contributed by atoms with E-state index in [1.807, 2.05) is 0 Å². The maximum absolute atomic E-state index is 17.9. The molecule has 4 heterocycles. The van der Waals surface area contributed by atoms with E-state index in [9.17, 15) is 60.5 Å². The van der Waals surface area contributed by atoms with Crippen molar-refractivity contribution in [1.82, 2.24) is 9.80 Å². The second-order valence-corrected chi connectivity index (χ2v) is 27.4. The summed E-state index contributed by atoms with van der Waals surface area (Å²) in [5.41, 5.74) is 1.64. The molecule has 530 valence electrons. The van der Waals surface area contributed by atoms with Gasteiger partial charge in [-0.2, -0.15) is 4.79 Å². The highest BCUT2D eigenvalue weighted by molar-refractivity contribution is 6.26. The third-order valence-corrected chi connectivity index (χ3v) is 21.9. The van der Waals surface area contributed by atoms with Gasteiger partial charge in [-0.3, -0.25) is 24.0 Å². The topological polar surface area (TPSA) is 381 Å². The average molecular weight is 1370 g/mol. The second kappa shape index (κ2) is 26.6. The molecule has 98 heavy (non-hydrogen) atoms. The summed E-state index contributed by atoms with van der Waals surface area (Å²) >= 11 is 0. The van der Waals surface area contributed by atoms with Crippen LogP contribution < -0.4 is 16.2 Å². The monoisotopic (exact) mass is 1370 g/mol. The van der Waals surface area contributed by atoms with Gasteiger partial charge in [0.15, 0.2) is 53.4 Å². The highest BCUT2D eigenvalue weighted by atomic mass is 16.7. The number of hydrogen-bond acceptors (Lipinski definition) is 26. The number of phenols is 4. The first-order valence-electron chi connectivity index (χ1n) is 33.1. The van der Waals surface area contributed by atoms with Crippen LogP contribution in [0.1, 0.15) is 134 Å². The standard InChI is InChI=1S/C70H86N4O24/c1-15-69(97-42-24-38(87-11)65(89-13)28(5)93-42)54(63(85)45-31(67(69)95-40-22-36(79)57(73(7)8)26(3)91-40)21-30-44(45)60(82)47-33(76)18-17-32(75)46(47)59(30)81)55-64(86)51-50-52(62(84)49-35(78)20-19-34(77)48(49)61(50)83)56(72-71)53(51)68(96-41-23-37(80)58(74(9)10)27(4)92-41)70(55,16-2)98-43-25-39(88-12)66(90-14)29(6)94-43/h17-21,26-29,36-43,54-55,57-58,65-68,79-85H,15-16,22-25H2,1-14H3/t26-,27-,28-,29-,36-,37-,38-,39-,40+,41+,42-,43-,54-,55-,57-,58-,65-,66-,67+,68+,69-,70-/m0/s1. The summed E-state index contributed by atoms with van der Waals surface area (Å²) in [5, 5.41) is 86.6. The van der Waals surface area contributed by atoms with Gasteiger partial charge in [0.25, 0.3) is 0 Å². The molecule has 0 aromatic heterocycles. The minimum absolute atomic E-state index is 0.0730. The molecule has 8 aliphatic rings. The largest absolute Gasteiger partial charge is 0.511 e. The number of aromatic hydroxyl groups is 4. The zero-order chi connectivity index (χ0) is 71.0. The van der Waals surface area contributed by atoms with E-state index >= 15 is 4.79 Å². The number of hydrogen-bond donors (Lipinski definition) is 7. The number of ether oxygens (including phenoxy) is 12. The summed E-state index contributed by atoms with van der Waals surface area (Å²) in [7, 11) is 12.9. The number of carbonyl (C=O) groups excluding carboxylic acids is 3. The van der Waals surface area contributed by atoms with Crippen LogP contribution in [-0.2, 0) is 56.8 Å². The van der Waals surface area contributed by atoms with E-state index in [1.54, 1.807) is 79.5 Å². The predicted molar refractivity (Wildman–Crippen MR) is 346 cm³/mol. The van der Waals surface area contributed by atoms with Crippen molar-refractivity contribution in [2.45, 2.75) is 202 Å². The summed E-state index contributed by atoms with van der Waals surface area (Å²) in [5.74, 6) is -11.5. The third-order valence-electron chi connectivity index (χ3n) is 21.9. The van der Waals surface area contributed by atoms with Crippen molar-refractivity contribution in [2.24, 2.45) is 11.8 Å². The number of nitrogens with zero attached hydrogens (tertiary/aromatic N) is 4. The number of benzene rings is 3. The van der Waals surface area contributed by atoms with Gasteiger partial charge in [0.2, 0.25) is 0 Å². The first kappa shape index (κ1) is 71.1. The lowest BCUT2D eigenvalue weighted by Crippen LogP contribution is -2.68. The third kappa shape index (κ3) is 10.8. The fourth-order valence-corrected chi connectivity index (χ4v) is 17.7. The Kier molecular flexibility index (Phi) is 19.3. The molecule has 4 aliphatic heterocycles. The van der Waals surface area contributed by atoms with E-state index in [1.165, 1.54) is 34.5 Å². The number of Topliss-reactive ketones (excluding diaryl/α,β-unsaturated/α-hetero) is 1. The Balaban J connectivity index is 1.24. The van der Waals surface area contributed by atoms with E-state index in [2.05, 4.69) is 4.79 Å². The molecule has 28 nitrogen and oxygen atoms in total. The van der Waals surface area contributed by atoms with Crippen molar-refractivity contribution in [3.63, 3.8) is 0 Å². The number of aliphatic hydroxyl groups is 3. The Bertz CT molecular complexity index is 4150. The molecular weight excluding hydrogens is 1280 g/mol. The van der Waals surface area contributed by atoms with Crippen LogP contribution in [0.4, 0.5) is 0 Å². The summed E-state index contributed by atoms with van der Waals surface area (Å²) in [6.07, 6.45) is -16.4. The minimum Gasteiger partial charge on any atom is -0.511 e. The van der Waals surface area contributed by atoms with Gasteiger partial charge in [-0.15, -0.1) is 0 Å². The molecule has 28 heteroatoms. The molecule has 4 saturated heterocycles. The Morgan fingerprint density at radius 2 is 1.00 bits per heavy atom. The smallest absolute Gasteiger partial charge is 0.333 e. The predicted octanol–water partition coefficient (Wildman–Crippen LogP) is 4.24. The molecule has 0 amide bonds. The molecule has 4 aromatic rings.